The minimum atomic E-state index is -0.266. The first-order chi connectivity index (χ1) is 9.67. The zero-order valence-corrected chi connectivity index (χ0v) is 12.8. The molecule has 0 N–H and O–H groups in total. The predicted molar refractivity (Wildman–Crippen MR) is 77.5 cm³/mol. The van der Waals surface area contributed by atoms with Crippen LogP contribution in [-0.4, -0.2) is 39.8 Å². The summed E-state index contributed by atoms with van der Waals surface area (Å²) in [4.78, 5) is 14.4. The molecule has 5 nitrogen and oxygen atoms in total. The highest BCUT2D eigenvalue weighted by Gasteiger charge is 2.25. The van der Waals surface area contributed by atoms with Gasteiger partial charge in [0.2, 0.25) is 0 Å². The fourth-order valence-corrected chi connectivity index (χ4v) is 2.99. The van der Waals surface area contributed by atoms with Crippen molar-refractivity contribution in [2.45, 2.75) is 52.1 Å². The van der Waals surface area contributed by atoms with E-state index in [0.717, 1.165) is 18.8 Å². The van der Waals surface area contributed by atoms with Gasteiger partial charge in [-0.2, -0.15) is 5.10 Å². The quantitative estimate of drug-likeness (QED) is 0.750. The number of carbonyl (C=O) groups excluding carboxylic acids is 1. The second kappa shape index (κ2) is 6.88. The van der Waals surface area contributed by atoms with E-state index in [2.05, 4.69) is 16.9 Å². The van der Waals surface area contributed by atoms with Gasteiger partial charge in [-0.1, -0.05) is 19.8 Å². The van der Waals surface area contributed by atoms with E-state index in [-0.39, 0.29) is 5.97 Å². The Kier molecular flexibility index (Phi) is 5.17. The summed E-state index contributed by atoms with van der Waals surface area (Å²) in [6, 6.07) is 0.643. The number of hydrogen-bond acceptors (Lipinski definition) is 4. The molecule has 112 valence electrons. The maximum absolute atomic E-state index is 12.0. The summed E-state index contributed by atoms with van der Waals surface area (Å²) in [6.45, 7) is 6.17. The van der Waals surface area contributed by atoms with E-state index < -0.39 is 0 Å². The molecular formula is C15H25N3O2. The Hall–Kier alpha value is -1.36. The van der Waals surface area contributed by atoms with E-state index in [1.54, 1.807) is 10.9 Å². The Bertz CT molecular complexity index is 450. The number of carbonyl (C=O) groups is 1. The Morgan fingerprint density at radius 3 is 2.75 bits per heavy atom. The molecule has 2 rings (SSSR count). The summed E-state index contributed by atoms with van der Waals surface area (Å²) in [7, 11) is 1.89. The van der Waals surface area contributed by atoms with Gasteiger partial charge >= 0.3 is 5.97 Å². The van der Waals surface area contributed by atoms with Gasteiger partial charge in [-0.3, -0.25) is 9.58 Å². The molecule has 1 saturated carbocycles. The van der Waals surface area contributed by atoms with Crippen molar-refractivity contribution in [3.05, 3.63) is 17.5 Å². The second-order valence-electron chi connectivity index (χ2n) is 5.35. The number of aryl methyl sites for hydroxylation is 1. The first kappa shape index (κ1) is 15.0. The average Bonchev–Trinajstić information content (AvgIpc) is 3.06. The van der Waals surface area contributed by atoms with Crippen molar-refractivity contribution in [1.82, 2.24) is 14.7 Å². The van der Waals surface area contributed by atoms with E-state index in [4.69, 9.17) is 4.74 Å². The Balaban J connectivity index is 2.14. The molecule has 1 aliphatic rings. The average molecular weight is 279 g/mol. The number of rotatable bonds is 6. The number of aromatic nitrogens is 2. The molecule has 1 aliphatic carbocycles. The number of nitrogens with zero attached hydrogens (tertiary/aromatic N) is 3. The number of hydrogen-bond donors (Lipinski definition) is 0. The molecule has 5 heteroatoms. The van der Waals surface area contributed by atoms with E-state index in [9.17, 15) is 4.79 Å². The Morgan fingerprint density at radius 1 is 1.45 bits per heavy atom. The van der Waals surface area contributed by atoms with Crippen LogP contribution in [0.5, 0.6) is 0 Å². The smallest absolute Gasteiger partial charge is 0.341 e. The third-order valence-corrected chi connectivity index (χ3v) is 4.16. The third-order valence-electron chi connectivity index (χ3n) is 4.16. The van der Waals surface area contributed by atoms with Gasteiger partial charge in [0.05, 0.1) is 18.5 Å². The highest BCUT2D eigenvalue weighted by molar-refractivity contribution is 5.90. The molecule has 1 aromatic rings. The van der Waals surface area contributed by atoms with Crippen molar-refractivity contribution < 1.29 is 9.53 Å². The zero-order chi connectivity index (χ0) is 14.5. The molecule has 1 aromatic heterocycles. The zero-order valence-electron chi connectivity index (χ0n) is 12.8. The number of esters is 1. The van der Waals surface area contributed by atoms with Crippen LogP contribution in [0.4, 0.5) is 0 Å². The molecule has 0 saturated heterocycles. The molecular weight excluding hydrogens is 254 g/mol. The lowest BCUT2D eigenvalue weighted by atomic mass is 10.1. The van der Waals surface area contributed by atoms with Gasteiger partial charge in [-0.15, -0.1) is 0 Å². The van der Waals surface area contributed by atoms with Gasteiger partial charge in [-0.25, -0.2) is 4.79 Å². The number of ether oxygens (including phenoxy) is 1. The van der Waals surface area contributed by atoms with Gasteiger partial charge in [0, 0.05) is 19.6 Å². The maximum atomic E-state index is 12.0. The van der Waals surface area contributed by atoms with Crippen LogP contribution in [0.1, 0.15) is 55.6 Å². The van der Waals surface area contributed by atoms with Crippen molar-refractivity contribution in [3.63, 3.8) is 0 Å². The van der Waals surface area contributed by atoms with Crippen LogP contribution in [0.2, 0.25) is 0 Å². The molecule has 0 bridgehead atoms. The van der Waals surface area contributed by atoms with E-state index in [1.807, 2.05) is 14.0 Å². The Labute approximate surface area is 120 Å². The molecule has 0 atom stereocenters. The largest absolute Gasteiger partial charge is 0.462 e. The van der Waals surface area contributed by atoms with E-state index in [1.165, 1.54) is 25.7 Å². The van der Waals surface area contributed by atoms with Crippen molar-refractivity contribution in [2.24, 2.45) is 7.05 Å². The molecule has 0 amide bonds. The van der Waals surface area contributed by atoms with Crippen molar-refractivity contribution in [2.75, 3.05) is 13.2 Å². The molecule has 1 heterocycles. The van der Waals surface area contributed by atoms with E-state index in [0.29, 0.717) is 18.2 Å². The molecule has 20 heavy (non-hydrogen) atoms. The fraction of sp³-hybridized carbons (Fsp3) is 0.733. The topological polar surface area (TPSA) is 47.4 Å². The van der Waals surface area contributed by atoms with Crippen molar-refractivity contribution in [3.8, 4) is 0 Å². The van der Waals surface area contributed by atoms with Crippen LogP contribution in [0.3, 0.4) is 0 Å². The molecule has 0 aromatic carbocycles. The van der Waals surface area contributed by atoms with Gasteiger partial charge in [0.15, 0.2) is 0 Å². The first-order valence-electron chi connectivity index (χ1n) is 7.59. The summed E-state index contributed by atoms with van der Waals surface area (Å²) in [5.41, 5.74) is 1.56. The van der Waals surface area contributed by atoms with Crippen LogP contribution in [0.25, 0.3) is 0 Å². The molecule has 1 fully saturated rings. The normalized spacial score (nSPS) is 16.0. The van der Waals surface area contributed by atoms with Gasteiger partial charge < -0.3 is 4.74 Å². The summed E-state index contributed by atoms with van der Waals surface area (Å²) in [5.74, 6) is -0.266. The molecule has 0 aliphatic heterocycles. The lowest BCUT2D eigenvalue weighted by Gasteiger charge is -2.27. The van der Waals surface area contributed by atoms with Crippen LogP contribution in [0, 0.1) is 0 Å². The monoisotopic (exact) mass is 279 g/mol. The SMILES string of the molecule is CCOC(=O)c1cnn(C)c1CN(CC)C1CCCC1. The molecule has 0 unspecified atom stereocenters. The lowest BCUT2D eigenvalue weighted by molar-refractivity contribution is 0.0523. The summed E-state index contributed by atoms with van der Waals surface area (Å²) in [5, 5.41) is 4.22. The van der Waals surface area contributed by atoms with Crippen LogP contribution >= 0.6 is 0 Å². The summed E-state index contributed by atoms with van der Waals surface area (Å²) >= 11 is 0. The summed E-state index contributed by atoms with van der Waals surface area (Å²) < 4.78 is 6.91. The van der Waals surface area contributed by atoms with Crippen LogP contribution in [0.15, 0.2) is 6.20 Å². The molecule has 0 spiro atoms. The summed E-state index contributed by atoms with van der Waals surface area (Å²) in [6.07, 6.45) is 6.78. The standard InChI is InChI=1S/C15H25N3O2/c1-4-18(12-8-6-7-9-12)11-14-13(10-16-17(14)3)15(19)20-5-2/h10,12H,4-9,11H2,1-3H3. The van der Waals surface area contributed by atoms with Gasteiger partial charge in [0.1, 0.15) is 5.56 Å². The van der Waals surface area contributed by atoms with Crippen molar-refractivity contribution >= 4 is 5.97 Å². The fourth-order valence-electron chi connectivity index (χ4n) is 2.99. The maximum Gasteiger partial charge on any atom is 0.341 e. The van der Waals surface area contributed by atoms with Crippen molar-refractivity contribution in [1.29, 1.82) is 0 Å². The Morgan fingerprint density at radius 2 is 2.15 bits per heavy atom. The van der Waals surface area contributed by atoms with E-state index >= 15 is 0 Å². The van der Waals surface area contributed by atoms with Gasteiger partial charge in [0.25, 0.3) is 0 Å². The second-order valence-corrected chi connectivity index (χ2v) is 5.35. The minimum absolute atomic E-state index is 0.266. The minimum Gasteiger partial charge on any atom is -0.462 e. The predicted octanol–water partition coefficient (Wildman–Crippen LogP) is 2.36. The highest BCUT2D eigenvalue weighted by Crippen LogP contribution is 2.25. The first-order valence-corrected chi connectivity index (χ1v) is 7.59. The van der Waals surface area contributed by atoms with Crippen LogP contribution in [-0.2, 0) is 18.3 Å². The third kappa shape index (κ3) is 3.20. The van der Waals surface area contributed by atoms with Gasteiger partial charge in [-0.05, 0) is 26.3 Å². The van der Waals surface area contributed by atoms with Crippen LogP contribution < -0.4 is 0 Å². The highest BCUT2D eigenvalue weighted by atomic mass is 16.5. The lowest BCUT2D eigenvalue weighted by Crippen LogP contribution is -2.33. The molecule has 0 radical (unpaired) electrons.